The zero-order valence-electron chi connectivity index (χ0n) is 34.4. The number of aromatic nitrogens is 1. The van der Waals surface area contributed by atoms with Crippen LogP contribution in [0.2, 0.25) is 0 Å². The van der Waals surface area contributed by atoms with Crippen LogP contribution in [-0.2, 0) is 0 Å². The van der Waals surface area contributed by atoms with Gasteiger partial charge in [0.05, 0.1) is 16.7 Å². The zero-order chi connectivity index (χ0) is 41.7. The molecule has 0 bridgehead atoms. The molecule has 0 unspecified atom stereocenters. The van der Waals surface area contributed by atoms with Gasteiger partial charge in [-0.2, -0.15) is 0 Å². The van der Waals surface area contributed by atoms with E-state index in [1.807, 2.05) is 6.07 Å². The van der Waals surface area contributed by atoms with Gasteiger partial charge in [0.25, 0.3) is 0 Å². The summed E-state index contributed by atoms with van der Waals surface area (Å²) in [6.07, 6.45) is 0. The summed E-state index contributed by atoms with van der Waals surface area (Å²) in [6.45, 7) is 0. The van der Waals surface area contributed by atoms with Crippen LogP contribution in [0.1, 0.15) is 0 Å². The van der Waals surface area contributed by atoms with Crippen molar-refractivity contribution in [2.24, 2.45) is 0 Å². The smallest absolute Gasteiger partial charge is 0.136 e. The van der Waals surface area contributed by atoms with Gasteiger partial charge in [-0.1, -0.05) is 164 Å². The molecule has 0 amide bonds. The highest BCUT2D eigenvalue weighted by Crippen LogP contribution is 2.44. The van der Waals surface area contributed by atoms with Crippen molar-refractivity contribution in [2.75, 3.05) is 4.90 Å². The predicted molar refractivity (Wildman–Crippen MR) is 264 cm³/mol. The molecule has 12 aromatic rings. The number of benzene rings is 10. The quantitative estimate of drug-likeness (QED) is 0.153. The van der Waals surface area contributed by atoms with Crippen LogP contribution < -0.4 is 4.90 Å². The van der Waals surface area contributed by atoms with Crippen molar-refractivity contribution in [2.45, 2.75) is 0 Å². The van der Waals surface area contributed by atoms with Gasteiger partial charge >= 0.3 is 0 Å². The maximum absolute atomic E-state index is 6.63. The third-order valence-corrected chi connectivity index (χ3v) is 12.4. The van der Waals surface area contributed by atoms with Crippen LogP contribution in [0.15, 0.2) is 247 Å². The van der Waals surface area contributed by atoms with Crippen LogP contribution in [0.4, 0.5) is 17.1 Å². The Morgan fingerprint density at radius 3 is 1.48 bits per heavy atom. The molecule has 3 nitrogen and oxygen atoms in total. The summed E-state index contributed by atoms with van der Waals surface area (Å²) >= 11 is 0. The summed E-state index contributed by atoms with van der Waals surface area (Å²) < 4.78 is 9.01. The van der Waals surface area contributed by atoms with Gasteiger partial charge in [-0.05, 0) is 118 Å². The SMILES string of the molecule is c1ccc(-c2cccc(N(c3ccc(-c4cccc(-n5c6ccccc6c6ccccc65)c4)cc3)c3ccccc3-c3ccc4c(c3)oc3cc(-c5ccccc5)ccc34)c2)cc1. The van der Waals surface area contributed by atoms with Crippen molar-refractivity contribution >= 4 is 60.8 Å². The van der Waals surface area contributed by atoms with Crippen molar-refractivity contribution < 1.29 is 4.42 Å². The average molecular weight is 805 g/mol. The van der Waals surface area contributed by atoms with E-state index in [1.165, 1.54) is 32.9 Å². The van der Waals surface area contributed by atoms with E-state index in [9.17, 15) is 0 Å². The van der Waals surface area contributed by atoms with Crippen molar-refractivity contribution in [3.63, 3.8) is 0 Å². The highest BCUT2D eigenvalue weighted by Gasteiger charge is 2.20. The molecule has 63 heavy (non-hydrogen) atoms. The molecule has 0 aliphatic rings. The molecule has 0 aliphatic carbocycles. The second kappa shape index (κ2) is 15.3. The fraction of sp³-hybridized carbons (Fsp3) is 0. The van der Waals surface area contributed by atoms with Gasteiger partial charge in [-0.25, -0.2) is 0 Å². The average Bonchev–Trinajstić information content (AvgIpc) is 3.90. The molecule has 0 radical (unpaired) electrons. The lowest BCUT2D eigenvalue weighted by Gasteiger charge is -2.28. The minimum absolute atomic E-state index is 0.868. The summed E-state index contributed by atoms with van der Waals surface area (Å²) in [5, 5.41) is 4.74. The molecule has 0 fully saturated rings. The zero-order valence-corrected chi connectivity index (χ0v) is 34.4. The summed E-state index contributed by atoms with van der Waals surface area (Å²) in [6, 6.07) is 87.0. The standard InChI is InChI=1S/C60H40N2O/c1-3-15-41(16-4-1)44-19-13-21-49(37-44)61(48-33-29-43(30-34-48)45-20-14-22-50(38-45)62-57-27-11-8-24-52(57)53-25-9-12-28-58(53)62)56-26-10-7-23-51(56)47-32-36-55-54-35-31-46(42-17-5-2-6-18-42)39-59(54)63-60(55)40-47/h1-40H. The van der Waals surface area contributed by atoms with Gasteiger partial charge in [0, 0.05) is 44.2 Å². The van der Waals surface area contributed by atoms with Gasteiger partial charge in [0.1, 0.15) is 11.2 Å². The van der Waals surface area contributed by atoms with E-state index < -0.39 is 0 Å². The number of furan rings is 1. The van der Waals surface area contributed by atoms with Crippen molar-refractivity contribution in [1.82, 2.24) is 4.57 Å². The number of rotatable bonds is 8. The number of nitrogens with zero attached hydrogens (tertiary/aromatic N) is 2. The van der Waals surface area contributed by atoms with Crippen LogP contribution >= 0.6 is 0 Å². The second-order valence-corrected chi connectivity index (χ2v) is 16.1. The first-order chi connectivity index (χ1) is 31.2. The molecule has 0 spiro atoms. The van der Waals surface area contributed by atoms with Gasteiger partial charge < -0.3 is 13.9 Å². The Morgan fingerprint density at radius 1 is 0.302 bits per heavy atom. The highest BCUT2D eigenvalue weighted by molar-refractivity contribution is 6.10. The van der Waals surface area contributed by atoms with Gasteiger partial charge in [0.15, 0.2) is 0 Å². The van der Waals surface area contributed by atoms with Crippen LogP contribution in [-0.4, -0.2) is 4.57 Å². The topological polar surface area (TPSA) is 21.3 Å². The number of anilines is 3. The van der Waals surface area contributed by atoms with E-state index in [4.69, 9.17) is 4.42 Å². The van der Waals surface area contributed by atoms with Gasteiger partial charge in [0.2, 0.25) is 0 Å². The molecule has 0 aliphatic heterocycles. The number of para-hydroxylation sites is 3. The van der Waals surface area contributed by atoms with Crippen LogP contribution in [0.5, 0.6) is 0 Å². The maximum atomic E-state index is 6.63. The molecule has 12 rings (SSSR count). The van der Waals surface area contributed by atoms with Crippen molar-refractivity contribution in [3.8, 4) is 50.2 Å². The summed E-state index contributed by atoms with van der Waals surface area (Å²) in [4.78, 5) is 2.38. The Bertz CT molecular complexity index is 3570. The van der Waals surface area contributed by atoms with E-state index in [0.717, 1.165) is 78.1 Å². The van der Waals surface area contributed by atoms with Crippen LogP contribution in [0.25, 0.3) is 93.9 Å². The fourth-order valence-corrected chi connectivity index (χ4v) is 9.38. The second-order valence-electron chi connectivity index (χ2n) is 16.1. The Hall–Kier alpha value is -8.40. The largest absolute Gasteiger partial charge is 0.456 e. The fourth-order valence-electron chi connectivity index (χ4n) is 9.38. The molecule has 0 atom stereocenters. The highest BCUT2D eigenvalue weighted by atomic mass is 16.3. The first-order valence-corrected chi connectivity index (χ1v) is 21.5. The Morgan fingerprint density at radius 2 is 0.794 bits per heavy atom. The van der Waals surface area contributed by atoms with E-state index >= 15 is 0 Å². The molecule has 2 heterocycles. The Balaban J connectivity index is 0.961. The lowest BCUT2D eigenvalue weighted by atomic mass is 9.98. The van der Waals surface area contributed by atoms with E-state index in [-0.39, 0.29) is 0 Å². The molecule has 0 N–H and O–H groups in total. The first kappa shape index (κ1) is 36.5. The lowest BCUT2D eigenvalue weighted by Crippen LogP contribution is -2.11. The van der Waals surface area contributed by atoms with Crippen LogP contribution in [0, 0.1) is 0 Å². The summed E-state index contributed by atoms with van der Waals surface area (Å²) in [7, 11) is 0. The maximum Gasteiger partial charge on any atom is 0.136 e. The van der Waals surface area contributed by atoms with Gasteiger partial charge in [-0.15, -0.1) is 0 Å². The van der Waals surface area contributed by atoms with Crippen LogP contribution in [0.3, 0.4) is 0 Å². The molecular weight excluding hydrogens is 765 g/mol. The Labute approximate surface area is 366 Å². The van der Waals surface area contributed by atoms with Crippen molar-refractivity contribution in [3.05, 3.63) is 243 Å². The minimum atomic E-state index is 0.868. The lowest BCUT2D eigenvalue weighted by molar-refractivity contribution is 0.669. The van der Waals surface area contributed by atoms with Crippen molar-refractivity contribution in [1.29, 1.82) is 0 Å². The summed E-state index contributed by atoms with van der Waals surface area (Å²) in [5.41, 5.74) is 17.7. The monoisotopic (exact) mass is 804 g/mol. The third kappa shape index (κ3) is 6.46. The Kier molecular flexibility index (Phi) is 8.83. The molecule has 10 aromatic carbocycles. The predicted octanol–water partition coefficient (Wildman–Crippen LogP) is 16.8. The first-order valence-electron chi connectivity index (χ1n) is 21.5. The normalized spacial score (nSPS) is 11.5. The molecule has 296 valence electrons. The molecule has 0 saturated carbocycles. The van der Waals surface area contributed by atoms with E-state index in [2.05, 4.69) is 246 Å². The molecule has 2 aromatic heterocycles. The molecular formula is C60H40N2O. The number of fused-ring (bicyclic) bond motifs is 6. The number of hydrogen-bond donors (Lipinski definition) is 0. The third-order valence-electron chi connectivity index (χ3n) is 12.4. The molecule has 0 saturated heterocycles. The number of hydrogen-bond acceptors (Lipinski definition) is 2. The van der Waals surface area contributed by atoms with E-state index in [0.29, 0.717) is 0 Å². The summed E-state index contributed by atoms with van der Waals surface area (Å²) in [5.74, 6) is 0. The van der Waals surface area contributed by atoms with Gasteiger partial charge in [-0.3, -0.25) is 0 Å². The minimum Gasteiger partial charge on any atom is -0.456 e. The molecule has 3 heteroatoms. The van der Waals surface area contributed by atoms with E-state index in [1.54, 1.807) is 0 Å².